The monoisotopic (exact) mass is 161 g/mol. The van der Waals surface area contributed by atoms with Crippen molar-refractivity contribution in [3.63, 3.8) is 0 Å². The van der Waals surface area contributed by atoms with Crippen molar-refractivity contribution < 1.29 is 4.52 Å². The van der Waals surface area contributed by atoms with Gasteiger partial charge >= 0.3 is 0 Å². The topological polar surface area (TPSA) is 51.8 Å². The molecule has 0 aliphatic heterocycles. The van der Waals surface area contributed by atoms with Gasteiger partial charge in [-0.25, -0.2) is 4.98 Å². The molecule has 0 saturated heterocycles. The molecule has 2 rings (SSSR count). The highest BCUT2D eigenvalue weighted by molar-refractivity contribution is 5.49. The Balaban J connectivity index is 2.45. The molecule has 0 fully saturated rings. The highest BCUT2D eigenvalue weighted by Gasteiger charge is 2.03. The summed E-state index contributed by atoms with van der Waals surface area (Å²) in [4.78, 5) is 7.99. The minimum atomic E-state index is 0.653. The summed E-state index contributed by atoms with van der Waals surface area (Å²) in [6, 6.07) is 1.82. The van der Waals surface area contributed by atoms with Crippen LogP contribution in [0.3, 0.4) is 0 Å². The second kappa shape index (κ2) is 2.73. The smallest absolute Gasteiger partial charge is 0.187 e. The van der Waals surface area contributed by atoms with Gasteiger partial charge in [0.2, 0.25) is 0 Å². The van der Waals surface area contributed by atoms with Gasteiger partial charge in [0, 0.05) is 18.5 Å². The second-order valence-corrected chi connectivity index (χ2v) is 2.42. The SMILES string of the molecule is Cc1cc(-c2cnccn2)on1. The van der Waals surface area contributed by atoms with Crippen molar-refractivity contribution in [2.24, 2.45) is 0 Å². The maximum atomic E-state index is 5.00. The van der Waals surface area contributed by atoms with E-state index >= 15 is 0 Å². The number of rotatable bonds is 1. The molecule has 4 heteroatoms. The molecule has 4 nitrogen and oxygen atoms in total. The van der Waals surface area contributed by atoms with Crippen molar-refractivity contribution in [1.29, 1.82) is 0 Å². The highest BCUT2D eigenvalue weighted by Crippen LogP contribution is 2.15. The Morgan fingerprint density at radius 2 is 2.25 bits per heavy atom. The number of aryl methyl sites for hydroxylation is 1. The van der Waals surface area contributed by atoms with Crippen molar-refractivity contribution in [1.82, 2.24) is 15.1 Å². The van der Waals surface area contributed by atoms with Crippen molar-refractivity contribution in [2.45, 2.75) is 6.92 Å². The highest BCUT2D eigenvalue weighted by atomic mass is 16.5. The van der Waals surface area contributed by atoms with E-state index in [1.807, 2.05) is 13.0 Å². The van der Waals surface area contributed by atoms with E-state index in [-0.39, 0.29) is 0 Å². The summed E-state index contributed by atoms with van der Waals surface area (Å²) < 4.78 is 5.00. The lowest BCUT2D eigenvalue weighted by Crippen LogP contribution is -1.80. The van der Waals surface area contributed by atoms with Crippen LogP contribution in [-0.4, -0.2) is 15.1 Å². The Morgan fingerprint density at radius 1 is 1.33 bits per heavy atom. The van der Waals surface area contributed by atoms with Crippen molar-refractivity contribution in [3.8, 4) is 11.5 Å². The zero-order valence-electron chi connectivity index (χ0n) is 6.56. The lowest BCUT2D eigenvalue weighted by atomic mass is 10.3. The Hall–Kier alpha value is -1.71. The lowest BCUT2D eigenvalue weighted by molar-refractivity contribution is 0.426. The number of nitrogens with zero attached hydrogens (tertiary/aromatic N) is 3. The first kappa shape index (κ1) is 6.97. The summed E-state index contributed by atoms with van der Waals surface area (Å²) in [5.41, 5.74) is 1.55. The molecule has 2 heterocycles. The van der Waals surface area contributed by atoms with Crippen LogP contribution < -0.4 is 0 Å². The van der Waals surface area contributed by atoms with Crippen molar-refractivity contribution in [3.05, 3.63) is 30.4 Å². The fraction of sp³-hybridized carbons (Fsp3) is 0.125. The third-order valence-electron chi connectivity index (χ3n) is 1.44. The summed E-state index contributed by atoms with van der Waals surface area (Å²) in [5, 5.41) is 3.75. The zero-order valence-corrected chi connectivity index (χ0v) is 6.56. The van der Waals surface area contributed by atoms with E-state index in [0.29, 0.717) is 11.5 Å². The first-order valence-corrected chi connectivity index (χ1v) is 3.56. The maximum Gasteiger partial charge on any atom is 0.187 e. The minimum absolute atomic E-state index is 0.653. The first-order valence-electron chi connectivity index (χ1n) is 3.56. The van der Waals surface area contributed by atoms with E-state index in [9.17, 15) is 0 Å². The van der Waals surface area contributed by atoms with Crippen LogP contribution in [0.1, 0.15) is 5.69 Å². The Labute approximate surface area is 69.3 Å². The summed E-state index contributed by atoms with van der Waals surface area (Å²) in [5.74, 6) is 0.653. The van der Waals surface area contributed by atoms with Gasteiger partial charge in [-0.05, 0) is 6.92 Å². The Kier molecular flexibility index (Phi) is 1.59. The molecule has 0 unspecified atom stereocenters. The molecular weight excluding hydrogens is 154 g/mol. The summed E-state index contributed by atoms with van der Waals surface area (Å²) in [6.45, 7) is 1.86. The average Bonchev–Trinajstić information content (AvgIpc) is 2.54. The fourth-order valence-corrected chi connectivity index (χ4v) is 0.911. The molecule has 0 radical (unpaired) electrons. The molecule has 0 atom stereocenters. The van der Waals surface area contributed by atoms with Gasteiger partial charge in [-0.3, -0.25) is 4.98 Å². The van der Waals surface area contributed by atoms with Gasteiger partial charge in [-0.2, -0.15) is 0 Å². The molecule has 0 bridgehead atoms. The van der Waals surface area contributed by atoms with Crippen LogP contribution in [0.2, 0.25) is 0 Å². The van der Waals surface area contributed by atoms with Gasteiger partial charge in [0.05, 0.1) is 11.9 Å². The summed E-state index contributed by atoms with van der Waals surface area (Å²) in [6.07, 6.45) is 4.87. The van der Waals surface area contributed by atoms with Crippen molar-refractivity contribution in [2.75, 3.05) is 0 Å². The third kappa shape index (κ3) is 1.18. The molecule has 0 saturated carbocycles. The largest absolute Gasteiger partial charge is 0.354 e. The van der Waals surface area contributed by atoms with Crippen LogP contribution in [0, 0.1) is 6.92 Å². The molecule has 2 aromatic heterocycles. The van der Waals surface area contributed by atoms with E-state index in [1.54, 1.807) is 18.6 Å². The summed E-state index contributed by atoms with van der Waals surface area (Å²) >= 11 is 0. The Bertz CT molecular complexity index is 369. The average molecular weight is 161 g/mol. The van der Waals surface area contributed by atoms with Crippen molar-refractivity contribution >= 4 is 0 Å². The standard InChI is InChI=1S/C8H7N3O/c1-6-4-8(12-11-6)7-5-9-2-3-10-7/h2-5H,1H3. The van der Waals surface area contributed by atoms with E-state index < -0.39 is 0 Å². The van der Waals surface area contributed by atoms with Crippen LogP contribution in [0.15, 0.2) is 29.2 Å². The Morgan fingerprint density at radius 3 is 2.83 bits per heavy atom. The van der Waals surface area contributed by atoms with Crippen LogP contribution in [0.25, 0.3) is 11.5 Å². The maximum absolute atomic E-state index is 5.00. The molecule has 0 aromatic carbocycles. The number of aromatic nitrogens is 3. The van der Waals surface area contributed by atoms with Gasteiger partial charge in [0.25, 0.3) is 0 Å². The van der Waals surface area contributed by atoms with Gasteiger partial charge in [-0.1, -0.05) is 5.16 Å². The zero-order chi connectivity index (χ0) is 8.39. The molecule has 0 N–H and O–H groups in total. The molecule has 2 aromatic rings. The van der Waals surface area contributed by atoms with Crippen LogP contribution >= 0.6 is 0 Å². The predicted octanol–water partition coefficient (Wildman–Crippen LogP) is 1.44. The number of hydrogen-bond acceptors (Lipinski definition) is 4. The van der Waals surface area contributed by atoms with Crippen LogP contribution in [-0.2, 0) is 0 Å². The quantitative estimate of drug-likeness (QED) is 0.635. The predicted molar refractivity (Wildman–Crippen MR) is 42.3 cm³/mol. The van der Waals surface area contributed by atoms with E-state index in [1.165, 1.54) is 0 Å². The van der Waals surface area contributed by atoms with Gasteiger partial charge in [-0.15, -0.1) is 0 Å². The van der Waals surface area contributed by atoms with Crippen LogP contribution in [0.5, 0.6) is 0 Å². The van der Waals surface area contributed by atoms with Gasteiger partial charge < -0.3 is 4.52 Å². The number of hydrogen-bond donors (Lipinski definition) is 0. The van der Waals surface area contributed by atoms with Gasteiger partial charge in [0.1, 0.15) is 5.69 Å². The molecule has 12 heavy (non-hydrogen) atoms. The van der Waals surface area contributed by atoms with E-state index in [0.717, 1.165) is 5.69 Å². The molecule has 0 aliphatic carbocycles. The fourth-order valence-electron chi connectivity index (χ4n) is 0.911. The first-order chi connectivity index (χ1) is 5.86. The molecular formula is C8H7N3O. The second-order valence-electron chi connectivity index (χ2n) is 2.42. The molecule has 0 aliphatic rings. The molecule has 0 amide bonds. The third-order valence-corrected chi connectivity index (χ3v) is 1.44. The minimum Gasteiger partial charge on any atom is -0.354 e. The van der Waals surface area contributed by atoms with E-state index in [2.05, 4.69) is 15.1 Å². The molecule has 0 spiro atoms. The lowest BCUT2D eigenvalue weighted by Gasteiger charge is -1.89. The van der Waals surface area contributed by atoms with Gasteiger partial charge in [0.15, 0.2) is 5.76 Å². The molecule has 60 valence electrons. The van der Waals surface area contributed by atoms with Crippen LogP contribution in [0.4, 0.5) is 0 Å². The summed E-state index contributed by atoms with van der Waals surface area (Å²) in [7, 11) is 0. The normalized spacial score (nSPS) is 10.1. The van der Waals surface area contributed by atoms with E-state index in [4.69, 9.17) is 4.52 Å².